The van der Waals surface area contributed by atoms with E-state index in [0.29, 0.717) is 0 Å². The maximum atomic E-state index is 2.71. The van der Waals surface area contributed by atoms with Crippen molar-refractivity contribution in [3.63, 3.8) is 0 Å². The molecule has 8 aromatic carbocycles. The average molecular weight is 733 g/mol. The first-order valence-corrected chi connectivity index (χ1v) is 20.4. The maximum Gasteiger partial charge on any atom is 0.333 e. The molecule has 0 unspecified atom stereocenters. The lowest BCUT2D eigenvalue weighted by Gasteiger charge is -2.41. The molecule has 9 aromatic rings. The lowest BCUT2D eigenvalue weighted by molar-refractivity contribution is 0.590. The van der Waals surface area contributed by atoms with E-state index in [1.807, 2.05) is 0 Å². The van der Waals surface area contributed by atoms with Gasteiger partial charge in [-0.15, -0.1) is 0 Å². The molecule has 0 saturated heterocycles. The molecule has 2 aliphatic heterocycles. The lowest BCUT2D eigenvalue weighted by Crippen LogP contribution is -2.56. The van der Waals surface area contributed by atoms with Crippen molar-refractivity contribution in [2.24, 2.45) is 0 Å². The Morgan fingerprint density at radius 3 is 1.77 bits per heavy atom. The number of nitrogens with zero attached hydrogens (tertiary/aromatic N) is 2. The molecule has 0 atom stereocenters. The van der Waals surface area contributed by atoms with E-state index < -0.39 is 0 Å². The first kappa shape index (κ1) is 34.0. The number of hydrogen-bond acceptors (Lipinski definition) is 1. The van der Waals surface area contributed by atoms with Crippen molar-refractivity contribution in [1.82, 2.24) is 4.48 Å². The molecule has 3 heterocycles. The van der Waals surface area contributed by atoms with Crippen molar-refractivity contribution >= 4 is 67.4 Å². The van der Waals surface area contributed by atoms with Crippen molar-refractivity contribution in [1.29, 1.82) is 0 Å². The highest BCUT2D eigenvalue weighted by Gasteiger charge is 2.44. The van der Waals surface area contributed by atoms with Gasteiger partial charge in [-0.05, 0) is 120 Å². The molecule has 0 spiro atoms. The molecular formula is C54H45BN2. The fraction of sp³-hybridized carbons (Fsp3) is 0.148. The summed E-state index contributed by atoms with van der Waals surface area (Å²) in [7, 11) is 0. The third-order valence-electron chi connectivity index (χ3n) is 12.6. The Morgan fingerprint density at radius 1 is 0.456 bits per heavy atom. The van der Waals surface area contributed by atoms with Gasteiger partial charge in [0.15, 0.2) is 0 Å². The quantitative estimate of drug-likeness (QED) is 0.164. The number of benzene rings is 8. The number of anilines is 3. The third-order valence-corrected chi connectivity index (χ3v) is 12.6. The summed E-state index contributed by atoms with van der Waals surface area (Å²) in [4.78, 5) is 2.54. The minimum Gasteiger partial charge on any atom is -0.375 e. The molecule has 2 nitrogen and oxygen atoms in total. The molecular weight excluding hydrogens is 687 g/mol. The molecule has 0 fully saturated rings. The van der Waals surface area contributed by atoms with Gasteiger partial charge in [0.25, 0.3) is 0 Å². The summed E-state index contributed by atoms with van der Waals surface area (Å²) in [6, 6.07) is 61.7. The second kappa shape index (κ2) is 12.1. The summed E-state index contributed by atoms with van der Waals surface area (Å²) in [5.41, 5.74) is 19.2. The largest absolute Gasteiger partial charge is 0.375 e. The third kappa shape index (κ3) is 5.11. The average Bonchev–Trinajstić information content (AvgIpc) is 3.55. The van der Waals surface area contributed by atoms with Gasteiger partial charge in [-0.2, -0.15) is 0 Å². The van der Waals surface area contributed by atoms with Crippen LogP contribution in [0.1, 0.15) is 52.7 Å². The second-order valence-corrected chi connectivity index (χ2v) is 18.2. The van der Waals surface area contributed by atoms with Crippen LogP contribution < -0.4 is 15.8 Å². The normalized spacial score (nSPS) is 13.4. The fourth-order valence-electron chi connectivity index (χ4n) is 9.69. The Bertz CT molecular complexity index is 3070. The zero-order valence-electron chi connectivity index (χ0n) is 33.6. The van der Waals surface area contributed by atoms with Crippen molar-refractivity contribution in [2.45, 2.75) is 52.4 Å². The number of aromatic nitrogens is 1. The molecule has 0 bridgehead atoms. The number of rotatable bonds is 3. The lowest BCUT2D eigenvalue weighted by atomic mass is 9.44. The molecule has 0 N–H and O–H groups in total. The van der Waals surface area contributed by atoms with Crippen LogP contribution >= 0.6 is 0 Å². The van der Waals surface area contributed by atoms with Crippen LogP contribution in [0.15, 0.2) is 164 Å². The highest BCUT2D eigenvalue weighted by atomic mass is 15.2. The molecule has 11 rings (SSSR count). The smallest absolute Gasteiger partial charge is 0.333 e. The molecule has 3 heteroatoms. The van der Waals surface area contributed by atoms with E-state index in [0.717, 1.165) is 5.69 Å². The Morgan fingerprint density at radius 2 is 1.07 bits per heavy atom. The van der Waals surface area contributed by atoms with Crippen LogP contribution in [0.5, 0.6) is 0 Å². The van der Waals surface area contributed by atoms with E-state index in [4.69, 9.17) is 0 Å². The van der Waals surface area contributed by atoms with E-state index in [1.165, 1.54) is 99.4 Å². The summed E-state index contributed by atoms with van der Waals surface area (Å²) < 4.78 is 2.71. The summed E-state index contributed by atoms with van der Waals surface area (Å²) in [6.07, 6.45) is 0. The molecule has 274 valence electrons. The molecule has 0 aliphatic carbocycles. The van der Waals surface area contributed by atoms with Gasteiger partial charge < -0.3 is 9.38 Å². The van der Waals surface area contributed by atoms with E-state index in [-0.39, 0.29) is 17.7 Å². The number of fused-ring (bicyclic) bond motifs is 9. The molecule has 0 amide bonds. The maximum absolute atomic E-state index is 2.71. The standard InChI is InChI=1S/C54H45BN2/c1-53(2,3)39-24-28-47-43(31-39)44-32-40(54(4,5)6)33-45-50-42-20-14-13-19-38(42)30-49-51(50)55(57(47)52(44)45)46-29-37(35-17-11-8-12-18-35)23-27-48(46)56(49)41-25-21-36(22-26-41)34-15-9-7-10-16-34/h7-33H,1-6H3. The van der Waals surface area contributed by atoms with Gasteiger partial charge in [0.05, 0.1) is 0 Å². The summed E-state index contributed by atoms with van der Waals surface area (Å²) in [5.74, 6) is 0. The second-order valence-electron chi connectivity index (χ2n) is 18.2. The van der Waals surface area contributed by atoms with E-state index in [2.05, 4.69) is 215 Å². The van der Waals surface area contributed by atoms with Crippen molar-refractivity contribution in [3.8, 4) is 33.4 Å². The predicted molar refractivity (Wildman–Crippen MR) is 246 cm³/mol. The van der Waals surface area contributed by atoms with Gasteiger partial charge in [-0.3, -0.25) is 0 Å². The van der Waals surface area contributed by atoms with Gasteiger partial charge in [0.1, 0.15) is 0 Å². The zero-order chi connectivity index (χ0) is 38.8. The van der Waals surface area contributed by atoms with Gasteiger partial charge in [0, 0.05) is 44.4 Å². The number of hydrogen-bond donors (Lipinski definition) is 0. The van der Waals surface area contributed by atoms with Crippen LogP contribution in [0.2, 0.25) is 0 Å². The molecule has 1 aromatic heterocycles. The predicted octanol–water partition coefficient (Wildman–Crippen LogP) is 13.3. The Balaban J connectivity index is 1.29. The monoisotopic (exact) mass is 732 g/mol. The topological polar surface area (TPSA) is 8.17 Å². The Kier molecular flexibility index (Phi) is 7.21. The van der Waals surface area contributed by atoms with Crippen molar-refractivity contribution in [2.75, 3.05) is 4.90 Å². The molecule has 57 heavy (non-hydrogen) atoms. The SMILES string of the molecule is CC(C)(C)c1ccc2c(c1)c1cc(C(C)(C)C)cc3c1n2B1c2cc(-c4ccccc4)ccc2N(c2ccc(-c4ccccc4)cc2)c2cc4ccccc4c-3c21. The van der Waals surface area contributed by atoms with Gasteiger partial charge >= 0.3 is 6.85 Å². The van der Waals surface area contributed by atoms with Gasteiger partial charge in [-0.1, -0.05) is 157 Å². The Hall–Kier alpha value is -6.32. The minimum absolute atomic E-state index is 0.0260. The highest BCUT2D eigenvalue weighted by molar-refractivity contribution is 6.90. The van der Waals surface area contributed by atoms with Crippen LogP contribution in [-0.2, 0) is 10.8 Å². The van der Waals surface area contributed by atoms with E-state index in [1.54, 1.807) is 0 Å². The molecule has 0 saturated carbocycles. The molecule has 2 aliphatic rings. The first-order valence-electron chi connectivity index (χ1n) is 20.4. The first-order chi connectivity index (χ1) is 27.5. The van der Waals surface area contributed by atoms with Crippen LogP contribution in [0, 0.1) is 0 Å². The van der Waals surface area contributed by atoms with Crippen molar-refractivity contribution in [3.05, 3.63) is 175 Å². The Labute approximate surface area is 336 Å². The fourth-order valence-corrected chi connectivity index (χ4v) is 9.69. The van der Waals surface area contributed by atoms with Gasteiger partial charge in [0.2, 0.25) is 0 Å². The van der Waals surface area contributed by atoms with Crippen molar-refractivity contribution < 1.29 is 0 Å². The summed E-state index contributed by atoms with van der Waals surface area (Å²) in [5, 5.41) is 5.25. The van der Waals surface area contributed by atoms with E-state index >= 15 is 0 Å². The zero-order valence-corrected chi connectivity index (χ0v) is 33.6. The van der Waals surface area contributed by atoms with Crippen LogP contribution in [0.3, 0.4) is 0 Å². The summed E-state index contributed by atoms with van der Waals surface area (Å²) >= 11 is 0. The van der Waals surface area contributed by atoms with Crippen LogP contribution in [0.25, 0.3) is 66.0 Å². The van der Waals surface area contributed by atoms with E-state index in [9.17, 15) is 0 Å². The minimum atomic E-state index is -0.0357. The van der Waals surface area contributed by atoms with Gasteiger partial charge in [-0.25, -0.2) is 0 Å². The van der Waals surface area contributed by atoms with Crippen LogP contribution in [-0.4, -0.2) is 11.3 Å². The highest BCUT2D eigenvalue weighted by Crippen LogP contribution is 2.49. The van der Waals surface area contributed by atoms with Crippen LogP contribution in [0.4, 0.5) is 17.1 Å². The summed E-state index contributed by atoms with van der Waals surface area (Å²) in [6.45, 7) is 14.0. The molecule has 0 radical (unpaired) electrons.